The molecule has 0 bridgehead atoms. The van der Waals surface area contributed by atoms with Crippen LogP contribution in [0.25, 0.3) is 0 Å². The molecule has 1 rings (SSSR count). The van der Waals surface area contributed by atoms with Crippen molar-refractivity contribution < 1.29 is 4.39 Å². The summed E-state index contributed by atoms with van der Waals surface area (Å²) in [6.07, 6.45) is 1.15. The Bertz CT molecular complexity index is 202. The average molecular weight is 198 g/mol. The minimum atomic E-state index is 0.500. The number of hydrogen-bond acceptors (Lipinski definition) is 2. The predicted molar refractivity (Wildman–Crippen MR) is 58.6 cm³/mol. The van der Waals surface area contributed by atoms with Crippen molar-refractivity contribution in [3.8, 4) is 0 Å². The van der Waals surface area contributed by atoms with E-state index in [2.05, 4.69) is 42.0 Å². The molecule has 0 aromatic heterocycles. The lowest BCUT2D eigenvalue weighted by atomic mass is 10.2. The highest BCUT2D eigenvalue weighted by atomic mass is 19.1. The van der Waals surface area contributed by atoms with Crippen molar-refractivity contribution in [3.63, 3.8) is 0 Å². The molecule has 0 amide bonds. The molecular weight excluding hydrogens is 179 g/mol. The van der Waals surface area contributed by atoms with Crippen LogP contribution in [-0.4, -0.2) is 13.7 Å². The molecule has 0 aliphatic rings. The molecule has 0 spiro atoms. The van der Waals surface area contributed by atoms with E-state index in [1.54, 1.807) is 0 Å². The summed E-state index contributed by atoms with van der Waals surface area (Å²) in [7, 11) is 0.500. The third kappa shape index (κ3) is 6.57. The Kier molecular flexibility index (Phi) is 9.48. The Balaban J connectivity index is 0.000000791. The predicted octanol–water partition coefficient (Wildman–Crippen LogP) is 2.28. The minimum Gasteiger partial charge on any atom is -0.258 e. The van der Waals surface area contributed by atoms with Gasteiger partial charge in [-0.2, -0.15) is 0 Å². The zero-order valence-corrected chi connectivity index (χ0v) is 8.89. The first kappa shape index (κ1) is 13.1. The van der Waals surface area contributed by atoms with E-state index in [-0.39, 0.29) is 0 Å². The Labute approximate surface area is 85.5 Å². The fourth-order valence-electron chi connectivity index (χ4n) is 0.974. The van der Waals surface area contributed by atoms with Crippen molar-refractivity contribution in [1.29, 1.82) is 0 Å². The van der Waals surface area contributed by atoms with Crippen LogP contribution < -0.4 is 10.9 Å². The Hall–Kier alpha value is -0.930. The van der Waals surface area contributed by atoms with E-state index in [0.29, 0.717) is 7.18 Å². The maximum Gasteiger partial charge on any atom is 0.0785 e. The molecule has 0 aliphatic heterocycles. The molecule has 1 aromatic rings. The highest BCUT2D eigenvalue weighted by molar-refractivity contribution is 5.13. The van der Waals surface area contributed by atoms with E-state index in [4.69, 9.17) is 0 Å². The summed E-state index contributed by atoms with van der Waals surface area (Å²) >= 11 is 0. The lowest BCUT2D eigenvalue weighted by Crippen LogP contribution is -2.31. The van der Waals surface area contributed by atoms with Gasteiger partial charge in [-0.1, -0.05) is 37.3 Å². The van der Waals surface area contributed by atoms with Gasteiger partial charge in [0.25, 0.3) is 0 Å². The van der Waals surface area contributed by atoms with Crippen LogP contribution in [0.15, 0.2) is 30.3 Å². The molecule has 0 atom stereocenters. The van der Waals surface area contributed by atoms with Crippen LogP contribution in [-0.2, 0) is 6.54 Å². The van der Waals surface area contributed by atoms with Gasteiger partial charge in [-0.15, -0.1) is 0 Å². The van der Waals surface area contributed by atoms with Gasteiger partial charge in [0.1, 0.15) is 0 Å². The van der Waals surface area contributed by atoms with Crippen molar-refractivity contribution in [3.05, 3.63) is 35.9 Å². The summed E-state index contributed by atoms with van der Waals surface area (Å²) in [6.45, 7) is 4.06. The number of benzene rings is 1. The molecule has 0 radical (unpaired) electrons. The summed E-state index contributed by atoms with van der Waals surface area (Å²) in [5, 5.41) is 0. The molecule has 0 aliphatic carbocycles. The molecule has 0 heterocycles. The highest BCUT2D eigenvalue weighted by Crippen LogP contribution is 1.95. The lowest BCUT2D eigenvalue weighted by molar-refractivity contribution is 0.528. The van der Waals surface area contributed by atoms with E-state index in [0.717, 1.165) is 19.5 Å². The van der Waals surface area contributed by atoms with E-state index < -0.39 is 0 Å². The summed E-state index contributed by atoms with van der Waals surface area (Å²) in [5.41, 5.74) is 7.59. The SMILES string of the molecule is CCCNNCc1ccccc1.CF. The molecule has 0 saturated heterocycles. The summed E-state index contributed by atoms with van der Waals surface area (Å²) in [4.78, 5) is 0. The maximum atomic E-state index is 9.50. The van der Waals surface area contributed by atoms with Crippen LogP contribution in [0.2, 0.25) is 0 Å². The summed E-state index contributed by atoms with van der Waals surface area (Å²) in [6, 6.07) is 10.4. The van der Waals surface area contributed by atoms with Gasteiger partial charge in [0, 0.05) is 13.1 Å². The summed E-state index contributed by atoms with van der Waals surface area (Å²) in [5.74, 6) is 0. The van der Waals surface area contributed by atoms with E-state index in [9.17, 15) is 4.39 Å². The van der Waals surface area contributed by atoms with Gasteiger partial charge >= 0.3 is 0 Å². The molecule has 0 fully saturated rings. The van der Waals surface area contributed by atoms with Crippen molar-refractivity contribution in [2.45, 2.75) is 19.9 Å². The number of hydrogen-bond donors (Lipinski definition) is 2. The van der Waals surface area contributed by atoms with Gasteiger partial charge in [-0.25, -0.2) is 0 Å². The van der Waals surface area contributed by atoms with E-state index >= 15 is 0 Å². The minimum absolute atomic E-state index is 0.500. The van der Waals surface area contributed by atoms with Gasteiger partial charge in [0.05, 0.1) is 7.18 Å². The molecule has 14 heavy (non-hydrogen) atoms. The summed E-state index contributed by atoms with van der Waals surface area (Å²) < 4.78 is 9.50. The molecule has 1 aromatic carbocycles. The molecule has 0 saturated carbocycles. The van der Waals surface area contributed by atoms with Crippen molar-refractivity contribution in [2.75, 3.05) is 13.7 Å². The Morgan fingerprint density at radius 2 is 1.71 bits per heavy atom. The number of alkyl halides is 1. The van der Waals surface area contributed by atoms with Crippen LogP contribution in [0, 0.1) is 0 Å². The van der Waals surface area contributed by atoms with Crippen LogP contribution in [0.4, 0.5) is 4.39 Å². The molecule has 2 N–H and O–H groups in total. The Morgan fingerprint density at radius 1 is 1.07 bits per heavy atom. The zero-order chi connectivity index (χ0) is 10.6. The third-order valence-corrected chi connectivity index (χ3v) is 1.64. The largest absolute Gasteiger partial charge is 0.258 e. The van der Waals surface area contributed by atoms with Gasteiger partial charge in [-0.3, -0.25) is 15.2 Å². The molecule has 0 unspecified atom stereocenters. The van der Waals surface area contributed by atoms with E-state index in [1.165, 1.54) is 5.56 Å². The fraction of sp³-hybridized carbons (Fsp3) is 0.455. The van der Waals surface area contributed by atoms with Gasteiger partial charge < -0.3 is 0 Å². The number of nitrogens with one attached hydrogen (secondary N) is 2. The second-order valence-corrected chi connectivity index (χ2v) is 2.77. The smallest absolute Gasteiger partial charge is 0.0785 e. The van der Waals surface area contributed by atoms with Crippen molar-refractivity contribution in [1.82, 2.24) is 10.9 Å². The van der Waals surface area contributed by atoms with Crippen LogP contribution in [0.1, 0.15) is 18.9 Å². The maximum absolute atomic E-state index is 9.50. The standard InChI is InChI=1S/C10H16N2.CH3F/c1-2-8-11-12-9-10-6-4-3-5-7-10;1-2/h3-7,11-12H,2,8-9H2,1H3;1H3. The molecular formula is C11H19FN2. The first-order chi connectivity index (χ1) is 6.93. The second kappa shape index (κ2) is 10.2. The monoisotopic (exact) mass is 198 g/mol. The lowest BCUT2D eigenvalue weighted by Gasteiger charge is -2.04. The first-order valence-electron chi connectivity index (χ1n) is 4.81. The topological polar surface area (TPSA) is 24.1 Å². The third-order valence-electron chi connectivity index (χ3n) is 1.64. The number of halogens is 1. The first-order valence-corrected chi connectivity index (χ1v) is 4.81. The quantitative estimate of drug-likeness (QED) is 0.560. The molecule has 3 heteroatoms. The highest BCUT2D eigenvalue weighted by Gasteiger charge is 1.87. The normalized spacial score (nSPS) is 9.07. The number of hydrazine groups is 1. The molecule has 2 nitrogen and oxygen atoms in total. The van der Waals surface area contributed by atoms with Gasteiger partial charge in [0.15, 0.2) is 0 Å². The van der Waals surface area contributed by atoms with Crippen molar-refractivity contribution >= 4 is 0 Å². The fourth-order valence-corrected chi connectivity index (χ4v) is 0.974. The van der Waals surface area contributed by atoms with Crippen LogP contribution in [0.5, 0.6) is 0 Å². The van der Waals surface area contributed by atoms with Gasteiger partial charge in [-0.05, 0) is 12.0 Å². The van der Waals surface area contributed by atoms with Crippen LogP contribution in [0.3, 0.4) is 0 Å². The number of rotatable bonds is 5. The van der Waals surface area contributed by atoms with Gasteiger partial charge in [0.2, 0.25) is 0 Å². The van der Waals surface area contributed by atoms with E-state index in [1.807, 2.05) is 6.07 Å². The van der Waals surface area contributed by atoms with Crippen LogP contribution >= 0.6 is 0 Å². The average Bonchev–Trinajstić information content (AvgIpc) is 2.29. The zero-order valence-electron chi connectivity index (χ0n) is 8.89. The Morgan fingerprint density at radius 3 is 2.29 bits per heavy atom. The van der Waals surface area contributed by atoms with Crippen molar-refractivity contribution in [2.24, 2.45) is 0 Å². The second-order valence-electron chi connectivity index (χ2n) is 2.77. The molecule has 80 valence electrons.